The van der Waals surface area contributed by atoms with Crippen LogP contribution in [0.3, 0.4) is 0 Å². The van der Waals surface area contributed by atoms with Crippen molar-refractivity contribution in [2.45, 2.75) is 45.6 Å². The second kappa shape index (κ2) is 5.25. The highest BCUT2D eigenvalue weighted by atomic mass is 16.5. The molecule has 0 atom stereocenters. The minimum atomic E-state index is 0.262. The van der Waals surface area contributed by atoms with Crippen LogP contribution in [0.4, 0.5) is 0 Å². The maximum atomic E-state index is 5.49. The smallest absolute Gasteiger partial charge is 0.0471 e. The molecule has 2 fully saturated rings. The molecule has 2 rings (SSSR count). The lowest BCUT2D eigenvalue weighted by Crippen LogP contribution is -2.49. The minimum absolute atomic E-state index is 0.262. The maximum Gasteiger partial charge on any atom is 0.0471 e. The normalized spacial score (nSPS) is 29.8. The molecule has 0 bridgehead atoms. The molecule has 0 spiro atoms. The summed E-state index contributed by atoms with van der Waals surface area (Å²) in [4.78, 5) is 2.66. The van der Waals surface area contributed by atoms with Gasteiger partial charge in [0.15, 0.2) is 0 Å². The Hall–Kier alpha value is -0.120. The first kappa shape index (κ1) is 13.3. The van der Waals surface area contributed by atoms with E-state index in [0.29, 0.717) is 5.41 Å². The van der Waals surface area contributed by atoms with Crippen LogP contribution in [0.5, 0.6) is 0 Å². The summed E-state index contributed by atoms with van der Waals surface area (Å²) in [7, 11) is 0. The average Bonchev–Trinajstić information content (AvgIpc) is 2.39. The van der Waals surface area contributed by atoms with Gasteiger partial charge in [-0.1, -0.05) is 6.92 Å². The van der Waals surface area contributed by atoms with Gasteiger partial charge < -0.3 is 15.0 Å². The third-order valence-corrected chi connectivity index (χ3v) is 4.18. The summed E-state index contributed by atoms with van der Waals surface area (Å²) < 4.78 is 5.49. The van der Waals surface area contributed by atoms with Gasteiger partial charge in [0.25, 0.3) is 0 Å². The van der Waals surface area contributed by atoms with Crippen molar-refractivity contribution < 1.29 is 4.74 Å². The van der Waals surface area contributed by atoms with Crippen molar-refractivity contribution in [2.75, 3.05) is 39.4 Å². The summed E-state index contributed by atoms with van der Waals surface area (Å²) in [6.07, 6.45) is 3.71. The highest BCUT2D eigenvalue weighted by Gasteiger charge is 2.32. The molecule has 100 valence electrons. The van der Waals surface area contributed by atoms with Crippen molar-refractivity contribution in [3.05, 3.63) is 0 Å². The van der Waals surface area contributed by atoms with E-state index in [4.69, 9.17) is 4.74 Å². The molecule has 0 saturated carbocycles. The fourth-order valence-corrected chi connectivity index (χ4v) is 3.12. The SMILES string of the molecule is CC1(CN2CCCNC(C)(C)C2)CCOCC1. The number of rotatable bonds is 2. The molecule has 3 nitrogen and oxygen atoms in total. The Morgan fingerprint density at radius 1 is 1.18 bits per heavy atom. The van der Waals surface area contributed by atoms with Crippen LogP contribution in [-0.4, -0.2) is 49.8 Å². The van der Waals surface area contributed by atoms with Crippen molar-refractivity contribution in [3.8, 4) is 0 Å². The Bertz CT molecular complexity index is 247. The summed E-state index contributed by atoms with van der Waals surface area (Å²) >= 11 is 0. The third kappa shape index (κ3) is 3.94. The average molecular weight is 240 g/mol. The fraction of sp³-hybridized carbons (Fsp3) is 1.00. The number of hydrogen-bond donors (Lipinski definition) is 1. The van der Waals surface area contributed by atoms with Gasteiger partial charge in [-0.05, 0) is 51.6 Å². The molecule has 2 saturated heterocycles. The predicted octanol–water partition coefficient (Wildman–Crippen LogP) is 1.88. The zero-order chi connectivity index (χ0) is 12.4. The molecular formula is C14H28N2O. The lowest BCUT2D eigenvalue weighted by Gasteiger charge is -2.39. The van der Waals surface area contributed by atoms with E-state index in [2.05, 4.69) is 31.0 Å². The van der Waals surface area contributed by atoms with Crippen LogP contribution in [-0.2, 0) is 4.74 Å². The molecule has 3 heteroatoms. The first-order valence-corrected chi connectivity index (χ1v) is 7.04. The van der Waals surface area contributed by atoms with Crippen LogP contribution in [0.15, 0.2) is 0 Å². The second-order valence-corrected chi connectivity index (χ2v) is 6.80. The molecule has 0 aliphatic carbocycles. The van der Waals surface area contributed by atoms with Crippen molar-refractivity contribution in [3.63, 3.8) is 0 Å². The Morgan fingerprint density at radius 2 is 1.88 bits per heavy atom. The maximum absolute atomic E-state index is 5.49. The molecule has 0 radical (unpaired) electrons. The van der Waals surface area contributed by atoms with E-state index >= 15 is 0 Å². The van der Waals surface area contributed by atoms with E-state index in [1.807, 2.05) is 0 Å². The molecule has 2 heterocycles. The summed E-state index contributed by atoms with van der Waals surface area (Å²) in [6, 6.07) is 0. The van der Waals surface area contributed by atoms with E-state index in [1.54, 1.807) is 0 Å². The molecular weight excluding hydrogens is 212 g/mol. The number of nitrogens with one attached hydrogen (secondary N) is 1. The first-order valence-electron chi connectivity index (χ1n) is 7.04. The van der Waals surface area contributed by atoms with Gasteiger partial charge >= 0.3 is 0 Å². The van der Waals surface area contributed by atoms with Gasteiger partial charge in [0, 0.05) is 31.8 Å². The van der Waals surface area contributed by atoms with Gasteiger partial charge in [0.2, 0.25) is 0 Å². The van der Waals surface area contributed by atoms with E-state index in [1.165, 1.54) is 38.9 Å². The minimum Gasteiger partial charge on any atom is -0.381 e. The number of ether oxygens (including phenoxy) is 1. The topological polar surface area (TPSA) is 24.5 Å². The molecule has 0 aromatic carbocycles. The Kier molecular flexibility index (Phi) is 4.11. The zero-order valence-electron chi connectivity index (χ0n) is 11.7. The van der Waals surface area contributed by atoms with Gasteiger partial charge in [-0.15, -0.1) is 0 Å². The standard InChI is InChI=1S/C14H28N2O/c1-13(2)11-16(8-4-7-15-13)12-14(3)5-9-17-10-6-14/h15H,4-12H2,1-3H3. The summed E-state index contributed by atoms with van der Waals surface area (Å²) in [5.74, 6) is 0. The molecule has 17 heavy (non-hydrogen) atoms. The van der Waals surface area contributed by atoms with E-state index < -0.39 is 0 Å². The first-order chi connectivity index (χ1) is 7.99. The molecule has 2 aliphatic heterocycles. The second-order valence-electron chi connectivity index (χ2n) is 6.80. The van der Waals surface area contributed by atoms with Crippen LogP contribution >= 0.6 is 0 Å². The fourth-order valence-electron chi connectivity index (χ4n) is 3.12. The van der Waals surface area contributed by atoms with Crippen LogP contribution in [0.1, 0.15) is 40.0 Å². The highest BCUT2D eigenvalue weighted by Crippen LogP contribution is 2.31. The lowest BCUT2D eigenvalue weighted by molar-refractivity contribution is 0.00330. The van der Waals surface area contributed by atoms with Crippen LogP contribution in [0.2, 0.25) is 0 Å². The lowest BCUT2D eigenvalue weighted by atomic mass is 9.81. The molecule has 1 N–H and O–H groups in total. The molecule has 0 unspecified atom stereocenters. The molecule has 0 aromatic heterocycles. The molecule has 2 aliphatic rings. The third-order valence-electron chi connectivity index (χ3n) is 4.18. The largest absolute Gasteiger partial charge is 0.381 e. The van der Waals surface area contributed by atoms with Crippen molar-refractivity contribution in [1.29, 1.82) is 0 Å². The molecule has 0 aromatic rings. The quantitative estimate of drug-likeness (QED) is 0.797. The zero-order valence-corrected chi connectivity index (χ0v) is 11.7. The molecule has 0 amide bonds. The van der Waals surface area contributed by atoms with Crippen LogP contribution in [0.25, 0.3) is 0 Å². The Balaban J connectivity index is 1.92. The van der Waals surface area contributed by atoms with E-state index in [0.717, 1.165) is 19.8 Å². The van der Waals surface area contributed by atoms with E-state index in [-0.39, 0.29) is 5.54 Å². The van der Waals surface area contributed by atoms with Gasteiger partial charge in [-0.3, -0.25) is 0 Å². The van der Waals surface area contributed by atoms with Crippen LogP contribution in [0, 0.1) is 5.41 Å². The number of nitrogens with zero attached hydrogens (tertiary/aromatic N) is 1. The monoisotopic (exact) mass is 240 g/mol. The highest BCUT2D eigenvalue weighted by molar-refractivity contribution is 4.88. The predicted molar refractivity (Wildman–Crippen MR) is 71.3 cm³/mol. The number of hydrogen-bond acceptors (Lipinski definition) is 3. The van der Waals surface area contributed by atoms with Crippen molar-refractivity contribution in [2.24, 2.45) is 5.41 Å². The van der Waals surface area contributed by atoms with Gasteiger partial charge in [0.1, 0.15) is 0 Å². The van der Waals surface area contributed by atoms with Crippen LogP contribution < -0.4 is 5.32 Å². The summed E-state index contributed by atoms with van der Waals surface area (Å²) in [5, 5.41) is 3.63. The van der Waals surface area contributed by atoms with Gasteiger partial charge in [-0.25, -0.2) is 0 Å². The van der Waals surface area contributed by atoms with Gasteiger partial charge in [-0.2, -0.15) is 0 Å². The van der Waals surface area contributed by atoms with E-state index in [9.17, 15) is 0 Å². The Morgan fingerprint density at radius 3 is 2.59 bits per heavy atom. The Labute approximate surface area is 106 Å². The van der Waals surface area contributed by atoms with Crippen molar-refractivity contribution in [1.82, 2.24) is 10.2 Å². The van der Waals surface area contributed by atoms with Crippen molar-refractivity contribution >= 4 is 0 Å². The van der Waals surface area contributed by atoms with Gasteiger partial charge in [0.05, 0.1) is 0 Å². The summed E-state index contributed by atoms with van der Waals surface area (Å²) in [5.41, 5.74) is 0.733. The summed E-state index contributed by atoms with van der Waals surface area (Å²) in [6.45, 7) is 13.8.